The standard InChI is InChI=1S/C28H36N4O6/c1-28(2,3)38-27(37)31-21(16-23(29)34)26(36)32(19-12-9-13-19)24(20-14-7-8-15-22(20)33)25(35)30-17-18-10-5-4-6-11-18/h4-8,10-11,14-15,19,21,24,33H,9,12-13,16-17H2,1-3H3,(H2,29,34)(H,30,35)(H,31,37). The molecule has 4 amide bonds. The van der Waals surface area contributed by atoms with Gasteiger partial charge in [-0.1, -0.05) is 48.5 Å². The molecule has 0 saturated heterocycles. The van der Waals surface area contributed by atoms with Crippen LogP contribution in [0.25, 0.3) is 0 Å². The fraction of sp³-hybridized carbons (Fsp3) is 0.429. The van der Waals surface area contributed by atoms with Gasteiger partial charge >= 0.3 is 6.09 Å². The fourth-order valence-corrected chi connectivity index (χ4v) is 4.23. The highest BCUT2D eigenvalue weighted by Gasteiger charge is 2.43. The van der Waals surface area contributed by atoms with Gasteiger partial charge in [-0.2, -0.15) is 0 Å². The van der Waals surface area contributed by atoms with Crippen molar-refractivity contribution in [2.24, 2.45) is 5.73 Å². The number of nitrogens with one attached hydrogen (secondary N) is 2. The van der Waals surface area contributed by atoms with Crippen LogP contribution in [0.2, 0.25) is 0 Å². The first-order valence-electron chi connectivity index (χ1n) is 12.7. The van der Waals surface area contributed by atoms with Gasteiger partial charge in [-0.3, -0.25) is 14.4 Å². The summed E-state index contributed by atoms with van der Waals surface area (Å²) in [6.45, 7) is 5.22. The number of ether oxygens (including phenoxy) is 1. The maximum absolute atomic E-state index is 14.0. The second-order valence-corrected chi connectivity index (χ2v) is 10.4. The minimum absolute atomic E-state index is 0.156. The molecular weight excluding hydrogens is 488 g/mol. The van der Waals surface area contributed by atoms with Crippen LogP contribution in [-0.4, -0.2) is 51.5 Å². The summed E-state index contributed by atoms with van der Waals surface area (Å²) in [7, 11) is 0. The third-order valence-electron chi connectivity index (χ3n) is 6.18. The van der Waals surface area contributed by atoms with Crippen LogP contribution in [0.15, 0.2) is 54.6 Å². The summed E-state index contributed by atoms with van der Waals surface area (Å²) in [6, 6.07) is 12.7. The molecule has 1 fully saturated rings. The van der Waals surface area contributed by atoms with Crippen molar-refractivity contribution in [3.05, 3.63) is 65.7 Å². The highest BCUT2D eigenvalue weighted by Crippen LogP contribution is 2.36. The van der Waals surface area contributed by atoms with E-state index in [1.807, 2.05) is 30.3 Å². The van der Waals surface area contributed by atoms with Gasteiger partial charge in [0.05, 0.1) is 6.42 Å². The Hall–Kier alpha value is -4.08. The molecule has 1 aliphatic carbocycles. The van der Waals surface area contributed by atoms with Gasteiger partial charge in [-0.05, 0) is 51.7 Å². The molecule has 0 aromatic heterocycles. The van der Waals surface area contributed by atoms with Crippen LogP contribution in [0.1, 0.15) is 63.6 Å². The zero-order valence-corrected chi connectivity index (χ0v) is 22.0. The Morgan fingerprint density at radius 2 is 1.68 bits per heavy atom. The van der Waals surface area contributed by atoms with Crippen molar-refractivity contribution in [2.45, 2.75) is 76.7 Å². The second-order valence-electron chi connectivity index (χ2n) is 10.4. The summed E-state index contributed by atoms with van der Waals surface area (Å²) in [5.74, 6) is -2.13. The van der Waals surface area contributed by atoms with Crippen molar-refractivity contribution >= 4 is 23.8 Å². The van der Waals surface area contributed by atoms with Crippen molar-refractivity contribution in [1.82, 2.24) is 15.5 Å². The normalized spacial score (nSPS) is 14.9. The zero-order valence-electron chi connectivity index (χ0n) is 22.0. The summed E-state index contributed by atoms with van der Waals surface area (Å²) in [5.41, 5.74) is 5.67. The topological polar surface area (TPSA) is 151 Å². The number of benzene rings is 2. The molecule has 0 heterocycles. The molecule has 2 atom stereocenters. The molecule has 10 nitrogen and oxygen atoms in total. The van der Waals surface area contributed by atoms with Crippen LogP contribution < -0.4 is 16.4 Å². The van der Waals surface area contributed by atoms with Crippen LogP contribution in [0, 0.1) is 0 Å². The molecule has 204 valence electrons. The molecule has 10 heteroatoms. The largest absolute Gasteiger partial charge is 0.508 e. The first-order chi connectivity index (χ1) is 18.0. The number of nitrogens with two attached hydrogens (primary N) is 1. The smallest absolute Gasteiger partial charge is 0.408 e. The molecule has 5 N–H and O–H groups in total. The molecule has 3 rings (SSSR count). The van der Waals surface area contributed by atoms with Gasteiger partial charge in [0.25, 0.3) is 0 Å². The summed E-state index contributed by atoms with van der Waals surface area (Å²) in [5, 5.41) is 16.0. The van der Waals surface area contributed by atoms with E-state index in [9.17, 15) is 24.3 Å². The van der Waals surface area contributed by atoms with E-state index < -0.39 is 47.9 Å². The van der Waals surface area contributed by atoms with Crippen molar-refractivity contribution in [2.75, 3.05) is 0 Å². The Labute approximate surface area is 222 Å². The van der Waals surface area contributed by atoms with E-state index in [0.29, 0.717) is 12.8 Å². The Morgan fingerprint density at radius 1 is 1.05 bits per heavy atom. The predicted molar refractivity (Wildman–Crippen MR) is 141 cm³/mol. The molecular formula is C28H36N4O6. The SMILES string of the molecule is CC(C)(C)OC(=O)NC(CC(N)=O)C(=O)N(C1CCC1)C(C(=O)NCc1ccccc1)c1ccccc1O. The third kappa shape index (κ3) is 7.71. The average molecular weight is 525 g/mol. The first-order valence-corrected chi connectivity index (χ1v) is 12.7. The lowest BCUT2D eigenvalue weighted by atomic mass is 9.87. The number of hydrogen-bond donors (Lipinski definition) is 4. The van der Waals surface area contributed by atoms with Crippen molar-refractivity contribution < 1.29 is 29.0 Å². The molecule has 0 bridgehead atoms. The minimum Gasteiger partial charge on any atom is -0.508 e. The quantitative estimate of drug-likeness (QED) is 0.375. The third-order valence-corrected chi connectivity index (χ3v) is 6.18. The summed E-state index contributed by atoms with van der Waals surface area (Å²) in [4.78, 5) is 53.5. The Kier molecular flexibility index (Phi) is 9.33. The van der Waals surface area contributed by atoms with Crippen LogP contribution in [0.4, 0.5) is 4.79 Å². The first kappa shape index (κ1) is 28.5. The van der Waals surface area contributed by atoms with Gasteiger partial charge in [-0.25, -0.2) is 4.79 Å². The number of carbonyl (C=O) groups excluding carboxylic acids is 4. The van der Waals surface area contributed by atoms with Gasteiger partial charge in [-0.15, -0.1) is 0 Å². The minimum atomic E-state index is -1.36. The maximum Gasteiger partial charge on any atom is 0.408 e. The Morgan fingerprint density at radius 3 is 2.24 bits per heavy atom. The monoisotopic (exact) mass is 524 g/mol. The lowest BCUT2D eigenvalue weighted by Crippen LogP contribution is -2.58. The lowest BCUT2D eigenvalue weighted by Gasteiger charge is -2.43. The molecule has 0 radical (unpaired) electrons. The fourth-order valence-electron chi connectivity index (χ4n) is 4.23. The number of phenolic OH excluding ortho intramolecular Hbond substituents is 1. The highest BCUT2D eigenvalue weighted by molar-refractivity contribution is 5.95. The number of para-hydroxylation sites is 1. The molecule has 0 spiro atoms. The van der Waals surface area contributed by atoms with E-state index in [4.69, 9.17) is 10.5 Å². The van der Waals surface area contributed by atoms with Crippen molar-refractivity contribution in [1.29, 1.82) is 0 Å². The number of primary amides is 1. The number of amides is 4. The van der Waals surface area contributed by atoms with Gasteiger partial charge in [0.2, 0.25) is 17.7 Å². The lowest BCUT2D eigenvalue weighted by molar-refractivity contribution is -0.148. The zero-order chi connectivity index (χ0) is 27.9. The average Bonchev–Trinajstić information content (AvgIpc) is 2.80. The number of alkyl carbamates (subject to hydrolysis) is 1. The van der Waals surface area contributed by atoms with Gasteiger partial charge < -0.3 is 31.1 Å². The number of carbonyl (C=O) groups is 4. The van der Waals surface area contributed by atoms with Gasteiger partial charge in [0.15, 0.2) is 0 Å². The van der Waals surface area contributed by atoms with Crippen LogP contribution in [0.5, 0.6) is 5.75 Å². The van der Waals surface area contributed by atoms with E-state index in [1.54, 1.807) is 39.0 Å². The van der Waals surface area contributed by atoms with Crippen LogP contribution in [-0.2, 0) is 25.7 Å². The summed E-state index contributed by atoms with van der Waals surface area (Å²) >= 11 is 0. The van der Waals surface area contributed by atoms with Crippen LogP contribution >= 0.6 is 0 Å². The summed E-state index contributed by atoms with van der Waals surface area (Å²) in [6.07, 6.45) is 0.710. The number of hydrogen-bond acceptors (Lipinski definition) is 6. The molecule has 2 unspecified atom stereocenters. The Bertz CT molecular complexity index is 1140. The molecule has 1 saturated carbocycles. The maximum atomic E-state index is 14.0. The number of nitrogens with zero attached hydrogens (tertiary/aromatic N) is 1. The number of phenols is 1. The molecule has 2 aromatic rings. The highest BCUT2D eigenvalue weighted by atomic mass is 16.6. The molecule has 2 aromatic carbocycles. The molecule has 38 heavy (non-hydrogen) atoms. The molecule has 1 aliphatic rings. The number of aromatic hydroxyl groups is 1. The van der Waals surface area contributed by atoms with Crippen molar-refractivity contribution in [3.63, 3.8) is 0 Å². The van der Waals surface area contributed by atoms with E-state index >= 15 is 0 Å². The van der Waals surface area contributed by atoms with Gasteiger partial charge in [0.1, 0.15) is 23.4 Å². The number of rotatable bonds is 10. The summed E-state index contributed by atoms with van der Waals surface area (Å²) < 4.78 is 5.29. The molecule has 0 aliphatic heterocycles. The Balaban J connectivity index is 1.98. The van der Waals surface area contributed by atoms with E-state index in [1.165, 1.54) is 11.0 Å². The van der Waals surface area contributed by atoms with E-state index in [-0.39, 0.29) is 23.9 Å². The second kappa shape index (κ2) is 12.4. The van der Waals surface area contributed by atoms with E-state index in [0.717, 1.165) is 12.0 Å². The van der Waals surface area contributed by atoms with Gasteiger partial charge in [0, 0.05) is 18.2 Å². The van der Waals surface area contributed by atoms with Crippen molar-refractivity contribution in [3.8, 4) is 5.75 Å². The van der Waals surface area contributed by atoms with Crippen LogP contribution in [0.3, 0.4) is 0 Å². The predicted octanol–water partition coefficient (Wildman–Crippen LogP) is 2.90. The van der Waals surface area contributed by atoms with E-state index in [2.05, 4.69) is 10.6 Å².